The first-order chi connectivity index (χ1) is 15.7. The molecule has 34 heavy (non-hydrogen) atoms. The van der Waals surface area contributed by atoms with Crippen molar-refractivity contribution in [1.82, 2.24) is 21.3 Å². The number of carbonyl (C=O) groups excluding carboxylic acids is 4. The van der Waals surface area contributed by atoms with E-state index in [9.17, 15) is 28.8 Å². The molecule has 13 heteroatoms. The van der Waals surface area contributed by atoms with Crippen molar-refractivity contribution in [3.05, 3.63) is 0 Å². The van der Waals surface area contributed by atoms with E-state index in [1.807, 2.05) is 27.7 Å². The molecule has 0 aromatic carbocycles. The van der Waals surface area contributed by atoms with Gasteiger partial charge in [0.05, 0.1) is 12.6 Å². The van der Waals surface area contributed by atoms with Crippen LogP contribution in [0.25, 0.3) is 0 Å². The van der Waals surface area contributed by atoms with Gasteiger partial charge in [-0.05, 0) is 31.1 Å². The van der Waals surface area contributed by atoms with Gasteiger partial charge in [-0.3, -0.25) is 28.8 Å². The number of nitrogens with one attached hydrogen (secondary N) is 4. The molecule has 0 spiro atoms. The molecule has 13 nitrogen and oxygen atoms in total. The van der Waals surface area contributed by atoms with E-state index < -0.39 is 66.8 Å². The van der Waals surface area contributed by atoms with Gasteiger partial charge in [-0.2, -0.15) is 0 Å². The molecule has 0 aliphatic carbocycles. The van der Waals surface area contributed by atoms with Gasteiger partial charge in [0.2, 0.25) is 23.6 Å². The molecular formula is C21H37N5O8. The van der Waals surface area contributed by atoms with Gasteiger partial charge < -0.3 is 37.2 Å². The molecular weight excluding hydrogens is 450 g/mol. The predicted octanol–water partition coefficient (Wildman–Crippen LogP) is -1.44. The lowest BCUT2D eigenvalue weighted by molar-refractivity contribution is -0.138. The summed E-state index contributed by atoms with van der Waals surface area (Å²) in [5.74, 6) is -4.94. The van der Waals surface area contributed by atoms with E-state index in [1.54, 1.807) is 0 Å². The second kappa shape index (κ2) is 15.6. The van der Waals surface area contributed by atoms with Crippen molar-refractivity contribution in [3.63, 3.8) is 0 Å². The van der Waals surface area contributed by atoms with E-state index in [0.29, 0.717) is 0 Å². The number of aliphatic carboxylic acids is 2. The zero-order valence-corrected chi connectivity index (χ0v) is 20.1. The average Bonchev–Trinajstić information content (AvgIpc) is 2.72. The number of carboxylic acid groups (broad SMARTS) is 2. The van der Waals surface area contributed by atoms with E-state index >= 15 is 0 Å². The van der Waals surface area contributed by atoms with Gasteiger partial charge >= 0.3 is 11.9 Å². The summed E-state index contributed by atoms with van der Waals surface area (Å²) in [6.45, 7) is 6.24. The Hall–Kier alpha value is -3.22. The minimum atomic E-state index is -1.23. The first-order valence-corrected chi connectivity index (χ1v) is 11.1. The van der Waals surface area contributed by atoms with Crippen molar-refractivity contribution in [2.45, 2.75) is 71.5 Å². The van der Waals surface area contributed by atoms with Crippen LogP contribution in [-0.4, -0.2) is 77.0 Å². The third-order valence-corrected chi connectivity index (χ3v) is 4.54. The monoisotopic (exact) mass is 487 g/mol. The molecule has 194 valence electrons. The number of carboxylic acids is 2. The molecule has 0 bridgehead atoms. The first kappa shape index (κ1) is 30.8. The smallest absolute Gasteiger partial charge is 0.322 e. The van der Waals surface area contributed by atoms with Crippen molar-refractivity contribution < 1.29 is 39.0 Å². The van der Waals surface area contributed by atoms with Crippen LogP contribution in [0.1, 0.15) is 53.4 Å². The highest BCUT2D eigenvalue weighted by molar-refractivity contribution is 5.93. The summed E-state index contributed by atoms with van der Waals surface area (Å²) in [6, 6.07) is -3.09. The van der Waals surface area contributed by atoms with Gasteiger partial charge in [0.1, 0.15) is 18.6 Å². The zero-order chi connectivity index (χ0) is 26.4. The first-order valence-electron chi connectivity index (χ1n) is 11.1. The fourth-order valence-corrected chi connectivity index (χ4v) is 2.92. The maximum absolute atomic E-state index is 12.6. The van der Waals surface area contributed by atoms with Crippen LogP contribution in [0.5, 0.6) is 0 Å². The van der Waals surface area contributed by atoms with Crippen LogP contribution in [0.4, 0.5) is 0 Å². The summed E-state index contributed by atoms with van der Waals surface area (Å²) >= 11 is 0. The van der Waals surface area contributed by atoms with Gasteiger partial charge in [0.25, 0.3) is 0 Å². The second-order valence-electron chi connectivity index (χ2n) is 8.81. The minimum absolute atomic E-state index is 0.00785. The van der Waals surface area contributed by atoms with Gasteiger partial charge in [-0.1, -0.05) is 27.7 Å². The summed E-state index contributed by atoms with van der Waals surface area (Å²) in [4.78, 5) is 70.7. The minimum Gasteiger partial charge on any atom is -0.481 e. The van der Waals surface area contributed by atoms with Crippen LogP contribution in [0.15, 0.2) is 0 Å². The molecule has 8 N–H and O–H groups in total. The average molecular weight is 488 g/mol. The Kier molecular flexibility index (Phi) is 14.1. The summed E-state index contributed by atoms with van der Waals surface area (Å²) < 4.78 is 0. The molecule has 0 saturated heterocycles. The summed E-state index contributed by atoms with van der Waals surface area (Å²) in [7, 11) is 0. The van der Waals surface area contributed by atoms with Crippen LogP contribution in [0.2, 0.25) is 0 Å². The Balaban J connectivity index is 4.98. The lowest BCUT2D eigenvalue weighted by atomic mass is 10.0. The van der Waals surface area contributed by atoms with E-state index in [-0.39, 0.29) is 37.5 Å². The SMILES string of the molecule is CC(C)C[C@H](NC(=O)CNC(=O)[C@H](CC(C)C)NC(=O)[C@@H](N)CCC(=O)O)C(=O)NCC(=O)O. The number of carbonyl (C=O) groups is 6. The van der Waals surface area contributed by atoms with Crippen LogP contribution in [-0.2, 0) is 28.8 Å². The van der Waals surface area contributed by atoms with Crippen LogP contribution >= 0.6 is 0 Å². The maximum Gasteiger partial charge on any atom is 0.322 e. The van der Waals surface area contributed by atoms with Crippen molar-refractivity contribution in [3.8, 4) is 0 Å². The fourth-order valence-electron chi connectivity index (χ4n) is 2.92. The second-order valence-corrected chi connectivity index (χ2v) is 8.81. The molecule has 0 saturated carbocycles. The number of hydrogen-bond donors (Lipinski definition) is 7. The highest BCUT2D eigenvalue weighted by Gasteiger charge is 2.26. The van der Waals surface area contributed by atoms with E-state index in [2.05, 4.69) is 21.3 Å². The highest BCUT2D eigenvalue weighted by Crippen LogP contribution is 2.07. The Labute approximate surface area is 198 Å². The third kappa shape index (κ3) is 14.0. The molecule has 0 aliphatic rings. The molecule has 0 aliphatic heterocycles. The van der Waals surface area contributed by atoms with Crippen molar-refractivity contribution in [2.24, 2.45) is 17.6 Å². The summed E-state index contributed by atoms with van der Waals surface area (Å²) in [6.07, 6.45) is 0.109. The Bertz CT molecular complexity index is 741. The van der Waals surface area contributed by atoms with Gasteiger partial charge in [-0.25, -0.2) is 0 Å². The van der Waals surface area contributed by atoms with E-state index in [1.165, 1.54) is 0 Å². The van der Waals surface area contributed by atoms with Crippen molar-refractivity contribution >= 4 is 35.6 Å². The predicted molar refractivity (Wildman–Crippen MR) is 121 cm³/mol. The molecule has 0 rings (SSSR count). The van der Waals surface area contributed by atoms with Crippen molar-refractivity contribution in [1.29, 1.82) is 0 Å². The molecule has 0 aromatic rings. The fraction of sp³-hybridized carbons (Fsp3) is 0.714. The lowest BCUT2D eigenvalue weighted by Crippen LogP contribution is -2.54. The maximum atomic E-state index is 12.6. The normalized spacial score (nSPS) is 13.5. The number of amides is 4. The largest absolute Gasteiger partial charge is 0.481 e. The lowest BCUT2D eigenvalue weighted by Gasteiger charge is -2.23. The summed E-state index contributed by atoms with van der Waals surface area (Å²) in [5, 5.41) is 27.0. The molecule has 0 heterocycles. The third-order valence-electron chi connectivity index (χ3n) is 4.54. The molecule has 4 amide bonds. The number of hydrogen-bond acceptors (Lipinski definition) is 7. The molecule has 0 radical (unpaired) electrons. The van der Waals surface area contributed by atoms with Crippen molar-refractivity contribution in [2.75, 3.05) is 13.1 Å². The Morgan fingerprint density at radius 3 is 1.62 bits per heavy atom. The molecule has 0 unspecified atom stereocenters. The van der Waals surface area contributed by atoms with Crippen LogP contribution in [0, 0.1) is 11.8 Å². The summed E-state index contributed by atoms with van der Waals surface area (Å²) in [5.41, 5.74) is 5.69. The standard InChI is InChI=1S/C21H37N5O8/c1-11(2)7-14(20(33)24-10-18(30)31)25-16(27)9-23-21(34)15(8-12(3)4)26-19(32)13(22)5-6-17(28)29/h11-15H,5-10,22H2,1-4H3,(H,23,34)(H,24,33)(H,25,27)(H,26,32)(H,28,29)(H,30,31)/t13-,14-,15-/m0/s1. The zero-order valence-electron chi connectivity index (χ0n) is 20.1. The molecule has 0 fully saturated rings. The van der Waals surface area contributed by atoms with Gasteiger partial charge in [0, 0.05) is 6.42 Å². The highest BCUT2D eigenvalue weighted by atomic mass is 16.4. The van der Waals surface area contributed by atoms with E-state index in [0.717, 1.165) is 0 Å². The molecule has 0 aromatic heterocycles. The topological polar surface area (TPSA) is 217 Å². The quantitative estimate of drug-likeness (QED) is 0.135. The van der Waals surface area contributed by atoms with Crippen LogP contribution in [0.3, 0.4) is 0 Å². The molecule has 3 atom stereocenters. The number of rotatable bonds is 16. The van der Waals surface area contributed by atoms with Gasteiger partial charge in [-0.15, -0.1) is 0 Å². The van der Waals surface area contributed by atoms with Gasteiger partial charge in [0.15, 0.2) is 0 Å². The van der Waals surface area contributed by atoms with E-state index in [4.69, 9.17) is 15.9 Å². The van der Waals surface area contributed by atoms with Crippen LogP contribution < -0.4 is 27.0 Å². The number of nitrogens with two attached hydrogens (primary N) is 1. The Morgan fingerprint density at radius 1 is 0.706 bits per heavy atom. The Morgan fingerprint density at radius 2 is 1.18 bits per heavy atom.